The van der Waals surface area contributed by atoms with Crippen LogP contribution in [0.4, 0.5) is 0 Å². The molecule has 0 aromatic heterocycles. The maximum absolute atomic E-state index is 2.41. The molecule has 0 atom stereocenters. The lowest BCUT2D eigenvalue weighted by Crippen LogP contribution is -1.98. The van der Waals surface area contributed by atoms with Crippen molar-refractivity contribution in [3.63, 3.8) is 0 Å². The van der Waals surface area contributed by atoms with Crippen molar-refractivity contribution >= 4 is 11.1 Å². The molecule has 0 bridgehead atoms. The molecule has 360 valence electrons. The molecule has 71 heavy (non-hydrogen) atoms. The van der Waals surface area contributed by atoms with Crippen LogP contribution in [0.15, 0.2) is 218 Å². The minimum Gasteiger partial charge on any atom is -0.0839 e. The van der Waals surface area contributed by atoms with E-state index in [1.54, 1.807) is 0 Å². The number of hydrogen-bond acceptors (Lipinski definition) is 0. The molecule has 8 aromatic carbocycles. The van der Waals surface area contributed by atoms with Crippen molar-refractivity contribution in [2.75, 3.05) is 0 Å². The third-order valence-corrected chi connectivity index (χ3v) is 13.4. The molecule has 0 radical (unpaired) electrons. The van der Waals surface area contributed by atoms with Gasteiger partial charge in [0.2, 0.25) is 0 Å². The summed E-state index contributed by atoms with van der Waals surface area (Å²) in [6.45, 7) is 23.4. The van der Waals surface area contributed by atoms with Gasteiger partial charge in [0.05, 0.1) is 0 Å². The Balaban J connectivity index is 0.000000222. The highest BCUT2D eigenvalue weighted by molar-refractivity contribution is 5.93. The van der Waals surface area contributed by atoms with Crippen LogP contribution in [0.3, 0.4) is 0 Å². The van der Waals surface area contributed by atoms with Gasteiger partial charge in [0, 0.05) is 0 Å². The zero-order valence-electron chi connectivity index (χ0n) is 44.5. The topological polar surface area (TPSA) is 0 Å². The fourth-order valence-corrected chi connectivity index (χ4v) is 9.36. The van der Waals surface area contributed by atoms with Crippen molar-refractivity contribution in [1.82, 2.24) is 0 Å². The third kappa shape index (κ3) is 13.7. The van der Waals surface area contributed by atoms with E-state index >= 15 is 0 Å². The van der Waals surface area contributed by atoms with E-state index < -0.39 is 0 Å². The Morgan fingerprint density at radius 1 is 0.310 bits per heavy atom. The minimum atomic E-state index is 1.10. The summed E-state index contributed by atoms with van der Waals surface area (Å²) in [7, 11) is 0. The van der Waals surface area contributed by atoms with Crippen molar-refractivity contribution in [1.29, 1.82) is 0 Å². The molecule has 0 saturated heterocycles. The van der Waals surface area contributed by atoms with Crippen LogP contribution in [0.2, 0.25) is 0 Å². The van der Waals surface area contributed by atoms with Crippen LogP contribution in [0.1, 0.15) is 105 Å². The predicted molar refractivity (Wildman–Crippen MR) is 315 cm³/mol. The Morgan fingerprint density at radius 3 is 1.32 bits per heavy atom. The maximum atomic E-state index is 2.41. The molecule has 8 aromatic rings. The Kier molecular flexibility index (Phi) is 19.9. The molecule has 10 rings (SSSR count). The van der Waals surface area contributed by atoms with Crippen LogP contribution in [0.5, 0.6) is 0 Å². The fourth-order valence-electron chi connectivity index (χ4n) is 9.36. The molecule has 2 aliphatic rings. The average molecular weight is 929 g/mol. The lowest BCUT2D eigenvalue weighted by atomic mass is 9.83. The van der Waals surface area contributed by atoms with Crippen LogP contribution < -0.4 is 0 Å². The predicted octanol–water partition coefficient (Wildman–Crippen LogP) is 21.2. The fraction of sp³-hybridized carbons (Fsp3) is 0.211. The minimum absolute atomic E-state index is 1.10. The molecule has 0 nitrogen and oxygen atoms in total. The molecular formula is C71H76. The molecule has 0 N–H and O–H groups in total. The van der Waals surface area contributed by atoms with Crippen LogP contribution in [0, 0.1) is 41.5 Å². The second-order valence-electron chi connectivity index (χ2n) is 18.2. The van der Waals surface area contributed by atoms with Crippen molar-refractivity contribution in [3.05, 3.63) is 262 Å². The largest absolute Gasteiger partial charge is 0.0839 e. The summed E-state index contributed by atoms with van der Waals surface area (Å²) in [6, 6.07) is 66.0. The molecule has 2 aliphatic carbocycles. The molecule has 0 heterocycles. The van der Waals surface area contributed by atoms with Crippen LogP contribution in [-0.2, 0) is 0 Å². The zero-order chi connectivity index (χ0) is 50.7. The zero-order valence-corrected chi connectivity index (χ0v) is 44.5. The van der Waals surface area contributed by atoms with E-state index in [9.17, 15) is 0 Å². The van der Waals surface area contributed by atoms with Crippen LogP contribution >= 0.6 is 0 Å². The SMILES string of the molecule is CC.CC.CC1=C(c2cccc(-c3ccc(-c4ccc(C)cc4)cc3-c3cccc(-c4ccccc4C)c3C)c2C)CCC=C1.Cc1ccc(-c2ccccc2)cc1.Cc1ccc(C2=CCCC=C2)cc1. The summed E-state index contributed by atoms with van der Waals surface area (Å²) in [5.41, 5.74) is 27.6. The summed E-state index contributed by atoms with van der Waals surface area (Å²) in [5, 5.41) is 0. The van der Waals surface area contributed by atoms with E-state index in [1.165, 1.54) is 130 Å². The number of benzene rings is 8. The molecule has 0 aliphatic heterocycles. The molecule has 0 spiro atoms. The van der Waals surface area contributed by atoms with Gasteiger partial charge < -0.3 is 0 Å². The van der Waals surface area contributed by atoms with Gasteiger partial charge in [0.1, 0.15) is 0 Å². The first kappa shape index (κ1) is 53.1. The Labute approximate surface area is 428 Å². The summed E-state index contributed by atoms with van der Waals surface area (Å²) < 4.78 is 0. The van der Waals surface area contributed by atoms with Crippen molar-refractivity contribution in [2.24, 2.45) is 0 Å². The number of allylic oxidation sites excluding steroid dienone is 8. The standard InChI is InChI=1S/C41H38.C13H14.C13H12.2C2H6/c1-27-20-22-32(23-21-27)33-24-25-40(38-18-10-16-36(30(38)4)34-14-8-6-12-28(34)2)41(26-33)39-19-11-17-37(31(39)5)35-15-9-7-13-29(35)3;2*1-11-7-9-13(10-8-11)12-5-3-2-4-6-12;2*1-2/h6-7,9-13,15-26H,8,14H2,1-5H3;3,5-10H,2,4H2,1H3;2-10H,1H3;2*1-2H3. The smallest absolute Gasteiger partial charge is 0.00963 e. The Bertz CT molecular complexity index is 3070. The summed E-state index contributed by atoms with van der Waals surface area (Å²) in [5.74, 6) is 0. The van der Waals surface area contributed by atoms with Crippen LogP contribution in [0.25, 0.3) is 66.8 Å². The van der Waals surface area contributed by atoms with Crippen molar-refractivity contribution in [2.45, 2.75) is 102 Å². The molecule has 0 heteroatoms. The van der Waals surface area contributed by atoms with Crippen molar-refractivity contribution in [3.8, 4) is 55.6 Å². The highest BCUT2D eigenvalue weighted by Gasteiger charge is 2.19. The molecule has 0 amide bonds. The lowest BCUT2D eigenvalue weighted by molar-refractivity contribution is 1.03. The highest BCUT2D eigenvalue weighted by atomic mass is 14.2. The first-order valence-electron chi connectivity index (χ1n) is 26.0. The number of hydrogen-bond donors (Lipinski definition) is 0. The summed E-state index contributed by atoms with van der Waals surface area (Å²) in [4.78, 5) is 0. The Morgan fingerprint density at radius 2 is 0.761 bits per heavy atom. The average Bonchev–Trinajstić information content (AvgIpc) is 3.42. The monoisotopic (exact) mass is 929 g/mol. The van der Waals surface area contributed by atoms with Gasteiger partial charge in [-0.1, -0.05) is 251 Å². The van der Waals surface area contributed by atoms with E-state index in [-0.39, 0.29) is 0 Å². The second-order valence-corrected chi connectivity index (χ2v) is 18.2. The van der Waals surface area contributed by atoms with E-state index in [0.717, 1.165) is 12.8 Å². The molecular weight excluding hydrogens is 853 g/mol. The third-order valence-electron chi connectivity index (χ3n) is 13.4. The number of rotatable bonds is 7. The quantitative estimate of drug-likeness (QED) is 0.149. The molecule has 0 unspecified atom stereocenters. The van der Waals surface area contributed by atoms with Gasteiger partial charge in [0.25, 0.3) is 0 Å². The summed E-state index contributed by atoms with van der Waals surface area (Å²) in [6.07, 6.45) is 15.9. The van der Waals surface area contributed by atoms with Crippen molar-refractivity contribution < 1.29 is 0 Å². The van der Waals surface area contributed by atoms with Gasteiger partial charge in [-0.2, -0.15) is 0 Å². The van der Waals surface area contributed by atoms with Gasteiger partial charge in [-0.25, -0.2) is 0 Å². The highest BCUT2D eigenvalue weighted by Crippen LogP contribution is 2.43. The van der Waals surface area contributed by atoms with E-state index in [4.69, 9.17) is 0 Å². The van der Waals surface area contributed by atoms with Gasteiger partial charge in [-0.3, -0.25) is 0 Å². The number of aryl methyl sites for hydroxylation is 4. The normalized spacial score (nSPS) is 12.4. The van der Waals surface area contributed by atoms with E-state index in [0.29, 0.717) is 0 Å². The summed E-state index contributed by atoms with van der Waals surface area (Å²) >= 11 is 0. The molecule has 0 fully saturated rings. The van der Waals surface area contributed by atoms with E-state index in [1.807, 2.05) is 33.8 Å². The van der Waals surface area contributed by atoms with Crippen LogP contribution in [-0.4, -0.2) is 0 Å². The molecule has 0 saturated carbocycles. The van der Waals surface area contributed by atoms with Gasteiger partial charge in [-0.05, 0) is 180 Å². The maximum Gasteiger partial charge on any atom is -0.00963 e. The van der Waals surface area contributed by atoms with Gasteiger partial charge in [0.15, 0.2) is 0 Å². The second kappa shape index (κ2) is 26.6. The van der Waals surface area contributed by atoms with Gasteiger partial charge in [-0.15, -0.1) is 0 Å². The lowest BCUT2D eigenvalue weighted by Gasteiger charge is -2.21. The van der Waals surface area contributed by atoms with E-state index in [2.05, 4.69) is 255 Å². The van der Waals surface area contributed by atoms with Gasteiger partial charge >= 0.3 is 0 Å². The first-order chi connectivity index (χ1) is 34.6. The first-order valence-corrected chi connectivity index (χ1v) is 26.0. The Hall–Kier alpha value is -7.28.